The average molecular weight is 144 g/mol. The molecule has 2 N–H and O–H groups in total. The topological polar surface area (TPSA) is 41.1 Å². The number of nitrogens with one attached hydrogen (secondary N) is 2. The molecule has 0 heterocycles. The van der Waals surface area contributed by atoms with E-state index in [0.717, 1.165) is 6.54 Å². The maximum atomic E-state index is 10.7. The summed E-state index contributed by atoms with van der Waals surface area (Å²) < 4.78 is 0. The monoisotopic (exact) mass is 144 g/mol. The molecule has 10 heavy (non-hydrogen) atoms. The first-order chi connectivity index (χ1) is 4.68. The van der Waals surface area contributed by atoms with E-state index >= 15 is 0 Å². The molecule has 0 aromatic carbocycles. The highest BCUT2D eigenvalue weighted by Gasteiger charge is 2.04. The lowest BCUT2D eigenvalue weighted by atomic mass is 10.1. The van der Waals surface area contributed by atoms with Crippen molar-refractivity contribution in [3.63, 3.8) is 0 Å². The molecule has 0 bridgehead atoms. The summed E-state index contributed by atoms with van der Waals surface area (Å²) in [5, 5.41) is 0. The Balaban J connectivity index is 3.21. The van der Waals surface area contributed by atoms with Crippen molar-refractivity contribution in [3.05, 3.63) is 0 Å². The van der Waals surface area contributed by atoms with E-state index in [-0.39, 0.29) is 11.7 Å². The van der Waals surface area contributed by atoms with Crippen LogP contribution in [-0.2, 0) is 4.79 Å². The lowest BCUT2D eigenvalue weighted by Crippen LogP contribution is -2.36. The van der Waals surface area contributed by atoms with Crippen molar-refractivity contribution >= 4 is 5.78 Å². The molecular formula is C7H16N2O. The highest BCUT2D eigenvalue weighted by atomic mass is 16.1. The molecule has 0 rings (SSSR count). The normalized spacial score (nSPS) is 13.1. The number of hydrogen-bond donors (Lipinski definition) is 2. The molecule has 0 saturated carbocycles. The largest absolute Gasteiger partial charge is 0.300 e. The standard InChI is InChI=1S/C7H16N2O/c1-4-8-9-5-6(2)7(3)10/h6,8-9H,4-5H2,1-3H3/t6-/m0/s1. The van der Waals surface area contributed by atoms with Gasteiger partial charge in [-0.15, -0.1) is 0 Å². The van der Waals surface area contributed by atoms with Crippen LogP contribution in [0.4, 0.5) is 0 Å². The second-order valence-corrected chi connectivity index (χ2v) is 2.42. The Morgan fingerprint density at radius 3 is 2.50 bits per heavy atom. The molecule has 0 aromatic heterocycles. The molecule has 0 unspecified atom stereocenters. The molecule has 0 spiro atoms. The van der Waals surface area contributed by atoms with Gasteiger partial charge in [-0.25, -0.2) is 0 Å². The van der Waals surface area contributed by atoms with Gasteiger partial charge in [-0.05, 0) is 6.92 Å². The van der Waals surface area contributed by atoms with Gasteiger partial charge in [0, 0.05) is 19.0 Å². The number of hydrazine groups is 1. The zero-order valence-corrected chi connectivity index (χ0v) is 6.90. The second-order valence-electron chi connectivity index (χ2n) is 2.42. The average Bonchev–Trinajstić information content (AvgIpc) is 1.88. The minimum Gasteiger partial charge on any atom is -0.300 e. The predicted molar refractivity (Wildman–Crippen MR) is 41.5 cm³/mol. The highest BCUT2D eigenvalue weighted by molar-refractivity contribution is 5.78. The van der Waals surface area contributed by atoms with E-state index in [1.165, 1.54) is 0 Å². The van der Waals surface area contributed by atoms with Gasteiger partial charge in [0.05, 0.1) is 0 Å². The fourth-order valence-electron chi connectivity index (χ4n) is 0.494. The van der Waals surface area contributed by atoms with Crippen molar-refractivity contribution in [1.82, 2.24) is 10.9 Å². The van der Waals surface area contributed by atoms with Crippen LogP contribution in [0.5, 0.6) is 0 Å². The molecule has 3 nitrogen and oxygen atoms in total. The summed E-state index contributed by atoms with van der Waals surface area (Å²) in [7, 11) is 0. The fraction of sp³-hybridized carbons (Fsp3) is 0.857. The van der Waals surface area contributed by atoms with Crippen LogP contribution in [0.25, 0.3) is 0 Å². The molecule has 0 saturated heterocycles. The van der Waals surface area contributed by atoms with E-state index < -0.39 is 0 Å². The van der Waals surface area contributed by atoms with Crippen molar-refractivity contribution in [2.45, 2.75) is 20.8 Å². The van der Waals surface area contributed by atoms with Crippen LogP contribution in [0.15, 0.2) is 0 Å². The molecular weight excluding hydrogens is 128 g/mol. The minimum atomic E-state index is 0.110. The first-order valence-electron chi connectivity index (χ1n) is 3.64. The van der Waals surface area contributed by atoms with Crippen molar-refractivity contribution in [2.75, 3.05) is 13.1 Å². The van der Waals surface area contributed by atoms with Crippen LogP contribution in [0.1, 0.15) is 20.8 Å². The number of carbonyl (C=O) groups is 1. The van der Waals surface area contributed by atoms with Gasteiger partial charge in [-0.3, -0.25) is 15.6 Å². The Morgan fingerprint density at radius 2 is 2.10 bits per heavy atom. The highest BCUT2D eigenvalue weighted by Crippen LogP contribution is 1.91. The molecule has 0 amide bonds. The Hall–Kier alpha value is -0.410. The zero-order valence-electron chi connectivity index (χ0n) is 6.90. The lowest BCUT2D eigenvalue weighted by Gasteiger charge is -2.08. The van der Waals surface area contributed by atoms with Gasteiger partial charge in [-0.2, -0.15) is 0 Å². The predicted octanol–water partition coefficient (Wildman–Crippen LogP) is 0.326. The summed E-state index contributed by atoms with van der Waals surface area (Å²) in [5.74, 6) is 0.337. The molecule has 0 aliphatic rings. The minimum absolute atomic E-state index is 0.110. The molecule has 0 fully saturated rings. The fourth-order valence-corrected chi connectivity index (χ4v) is 0.494. The van der Waals surface area contributed by atoms with E-state index in [4.69, 9.17) is 0 Å². The Labute approximate surface area is 62.2 Å². The van der Waals surface area contributed by atoms with Crippen LogP contribution >= 0.6 is 0 Å². The molecule has 0 aliphatic carbocycles. The maximum absolute atomic E-state index is 10.7. The zero-order chi connectivity index (χ0) is 7.98. The van der Waals surface area contributed by atoms with Crippen molar-refractivity contribution in [1.29, 1.82) is 0 Å². The van der Waals surface area contributed by atoms with Crippen molar-refractivity contribution in [2.24, 2.45) is 5.92 Å². The first-order valence-corrected chi connectivity index (χ1v) is 3.64. The maximum Gasteiger partial charge on any atom is 0.133 e. The summed E-state index contributed by atoms with van der Waals surface area (Å²) in [5.41, 5.74) is 5.88. The smallest absolute Gasteiger partial charge is 0.133 e. The third kappa shape index (κ3) is 4.47. The van der Waals surface area contributed by atoms with Crippen LogP contribution in [-0.4, -0.2) is 18.9 Å². The lowest BCUT2D eigenvalue weighted by molar-refractivity contribution is -0.120. The van der Waals surface area contributed by atoms with Gasteiger partial charge in [0.15, 0.2) is 0 Å². The van der Waals surface area contributed by atoms with Gasteiger partial charge in [-0.1, -0.05) is 13.8 Å². The Kier molecular flexibility index (Phi) is 5.16. The summed E-state index contributed by atoms with van der Waals surface area (Å²) in [6.45, 7) is 7.12. The molecule has 1 atom stereocenters. The Bertz CT molecular complexity index is 104. The third-order valence-electron chi connectivity index (χ3n) is 1.40. The molecule has 0 aromatic rings. The van der Waals surface area contributed by atoms with E-state index in [0.29, 0.717) is 6.54 Å². The summed E-state index contributed by atoms with van der Waals surface area (Å²) in [6, 6.07) is 0. The van der Waals surface area contributed by atoms with Crippen LogP contribution in [0.3, 0.4) is 0 Å². The van der Waals surface area contributed by atoms with Crippen LogP contribution in [0.2, 0.25) is 0 Å². The SMILES string of the molecule is CCNNC[C@H](C)C(C)=O. The van der Waals surface area contributed by atoms with E-state index in [9.17, 15) is 4.79 Å². The first kappa shape index (κ1) is 9.59. The second kappa shape index (κ2) is 5.38. The number of Topliss-reactive ketones (excluding diaryl/α,β-unsaturated/α-hetero) is 1. The number of hydrogen-bond acceptors (Lipinski definition) is 3. The van der Waals surface area contributed by atoms with Crippen molar-refractivity contribution < 1.29 is 4.79 Å². The van der Waals surface area contributed by atoms with Gasteiger partial charge in [0.2, 0.25) is 0 Å². The van der Waals surface area contributed by atoms with Gasteiger partial charge < -0.3 is 0 Å². The third-order valence-corrected chi connectivity index (χ3v) is 1.40. The Morgan fingerprint density at radius 1 is 1.50 bits per heavy atom. The van der Waals surface area contributed by atoms with Gasteiger partial charge in [0.25, 0.3) is 0 Å². The van der Waals surface area contributed by atoms with Crippen LogP contribution in [0, 0.1) is 5.92 Å². The molecule has 0 aliphatic heterocycles. The van der Waals surface area contributed by atoms with Gasteiger partial charge >= 0.3 is 0 Å². The summed E-state index contributed by atoms with van der Waals surface area (Å²) in [4.78, 5) is 10.7. The molecule has 3 heteroatoms. The molecule has 0 radical (unpaired) electrons. The number of rotatable bonds is 5. The summed E-state index contributed by atoms with van der Waals surface area (Å²) in [6.07, 6.45) is 0. The van der Waals surface area contributed by atoms with E-state index in [2.05, 4.69) is 10.9 Å². The quantitative estimate of drug-likeness (QED) is 0.431. The van der Waals surface area contributed by atoms with Gasteiger partial charge in [0.1, 0.15) is 5.78 Å². The number of carbonyl (C=O) groups excluding carboxylic acids is 1. The molecule has 60 valence electrons. The van der Waals surface area contributed by atoms with Crippen LogP contribution < -0.4 is 10.9 Å². The summed E-state index contributed by atoms with van der Waals surface area (Å²) >= 11 is 0. The van der Waals surface area contributed by atoms with E-state index in [1.807, 2.05) is 13.8 Å². The van der Waals surface area contributed by atoms with E-state index in [1.54, 1.807) is 6.92 Å². The van der Waals surface area contributed by atoms with Crippen molar-refractivity contribution in [3.8, 4) is 0 Å². The number of ketones is 1.